The minimum atomic E-state index is 0.814. The van der Waals surface area contributed by atoms with Crippen LogP contribution in [-0.4, -0.2) is 12.6 Å². The number of rotatable bonds is 6. The maximum atomic E-state index is 6.04. The zero-order valence-electron chi connectivity index (χ0n) is 9.31. The molecule has 88 valence electrons. The van der Waals surface area contributed by atoms with Crippen LogP contribution in [0.3, 0.4) is 0 Å². The van der Waals surface area contributed by atoms with Gasteiger partial charge in [-0.1, -0.05) is 17.7 Å². The summed E-state index contributed by atoms with van der Waals surface area (Å²) in [7, 11) is 0. The fourth-order valence-electron chi connectivity index (χ4n) is 1.74. The lowest BCUT2D eigenvalue weighted by Gasteiger charge is -2.04. The van der Waals surface area contributed by atoms with Crippen LogP contribution in [0.15, 0.2) is 22.7 Å². The van der Waals surface area contributed by atoms with Crippen LogP contribution in [-0.2, 0) is 6.42 Å². The van der Waals surface area contributed by atoms with Crippen molar-refractivity contribution in [1.82, 2.24) is 5.32 Å². The summed E-state index contributed by atoms with van der Waals surface area (Å²) in [5.41, 5.74) is 1.33. The highest BCUT2D eigenvalue weighted by Crippen LogP contribution is 2.24. The van der Waals surface area contributed by atoms with Crippen LogP contribution in [0.2, 0.25) is 5.02 Å². The Morgan fingerprint density at radius 2 is 2.12 bits per heavy atom. The van der Waals surface area contributed by atoms with Crippen LogP contribution in [0.25, 0.3) is 0 Å². The van der Waals surface area contributed by atoms with Crippen molar-refractivity contribution >= 4 is 27.5 Å². The van der Waals surface area contributed by atoms with Crippen molar-refractivity contribution in [3.8, 4) is 0 Å². The molecule has 0 aromatic heterocycles. The molecule has 1 aromatic rings. The van der Waals surface area contributed by atoms with E-state index in [1.807, 2.05) is 6.07 Å². The Kier molecular flexibility index (Phi) is 4.68. The van der Waals surface area contributed by atoms with Crippen LogP contribution in [0.5, 0.6) is 0 Å². The summed E-state index contributed by atoms with van der Waals surface area (Å²) in [6.07, 6.45) is 6.37. The van der Waals surface area contributed by atoms with Crippen molar-refractivity contribution < 1.29 is 0 Å². The summed E-state index contributed by atoms with van der Waals surface area (Å²) in [6, 6.07) is 7.06. The smallest absolute Gasteiger partial charge is 0.0550 e. The average molecular weight is 303 g/mol. The molecule has 0 unspecified atom stereocenters. The fourth-order valence-corrected chi connectivity index (χ4v) is 2.19. The minimum absolute atomic E-state index is 0.814. The highest BCUT2D eigenvalue weighted by Gasteiger charge is 2.19. The van der Waals surface area contributed by atoms with E-state index in [2.05, 4.69) is 33.4 Å². The summed E-state index contributed by atoms with van der Waals surface area (Å²) in [4.78, 5) is 0. The normalized spacial score (nSPS) is 15.4. The van der Waals surface area contributed by atoms with Crippen molar-refractivity contribution in [3.05, 3.63) is 33.3 Å². The predicted molar refractivity (Wildman–Crippen MR) is 73.1 cm³/mol. The molecule has 1 aliphatic rings. The van der Waals surface area contributed by atoms with E-state index in [0.29, 0.717) is 0 Å². The highest BCUT2D eigenvalue weighted by molar-refractivity contribution is 9.10. The Labute approximate surface area is 111 Å². The van der Waals surface area contributed by atoms with Crippen LogP contribution < -0.4 is 5.32 Å². The Hall–Kier alpha value is -0.0500. The van der Waals surface area contributed by atoms with Gasteiger partial charge in [0.15, 0.2) is 0 Å². The molecule has 1 saturated carbocycles. The van der Waals surface area contributed by atoms with Crippen LogP contribution >= 0.6 is 27.5 Å². The molecule has 1 aliphatic carbocycles. The molecule has 1 nitrogen and oxygen atoms in total. The number of halogens is 2. The van der Waals surface area contributed by atoms with Gasteiger partial charge >= 0.3 is 0 Å². The molecular formula is C13H17BrClN. The monoisotopic (exact) mass is 301 g/mol. The molecule has 1 fully saturated rings. The lowest BCUT2D eigenvalue weighted by molar-refractivity contribution is 0.620. The van der Waals surface area contributed by atoms with Crippen LogP contribution in [0.1, 0.15) is 31.2 Å². The van der Waals surface area contributed by atoms with Crippen molar-refractivity contribution in [2.24, 2.45) is 0 Å². The lowest BCUT2D eigenvalue weighted by atomic mass is 10.1. The summed E-state index contributed by atoms with van der Waals surface area (Å²) in [5, 5.41) is 4.34. The van der Waals surface area contributed by atoms with Gasteiger partial charge < -0.3 is 5.32 Å². The minimum Gasteiger partial charge on any atom is -0.314 e. The van der Waals surface area contributed by atoms with Gasteiger partial charge in [-0.25, -0.2) is 0 Å². The number of hydrogen-bond donors (Lipinski definition) is 1. The molecule has 0 atom stereocenters. The topological polar surface area (TPSA) is 12.0 Å². The van der Waals surface area contributed by atoms with Gasteiger partial charge in [0.1, 0.15) is 0 Å². The number of aryl methyl sites for hydroxylation is 1. The number of unbranched alkanes of at least 4 members (excludes halogenated alkanes) is 1. The Balaban J connectivity index is 1.65. The zero-order valence-corrected chi connectivity index (χ0v) is 11.6. The second-order valence-corrected chi connectivity index (χ2v) is 5.70. The van der Waals surface area contributed by atoms with Gasteiger partial charge in [-0.05, 0) is 72.3 Å². The zero-order chi connectivity index (χ0) is 11.4. The Morgan fingerprint density at radius 1 is 1.31 bits per heavy atom. The molecule has 0 bridgehead atoms. The third kappa shape index (κ3) is 4.08. The first-order valence-electron chi connectivity index (χ1n) is 5.93. The molecule has 2 rings (SSSR count). The highest BCUT2D eigenvalue weighted by atomic mass is 79.9. The number of nitrogens with one attached hydrogen (secondary N) is 1. The van der Waals surface area contributed by atoms with E-state index in [0.717, 1.165) is 28.5 Å². The first-order valence-corrected chi connectivity index (χ1v) is 7.10. The lowest BCUT2D eigenvalue weighted by Crippen LogP contribution is -2.17. The molecule has 0 saturated heterocycles. The van der Waals surface area contributed by atoms with Gasteiger partial charge in [0.2, 0.25) is 0 Å². The van der Waals surface area contributed by atoms with Crippen molar-refractivity contribution in [1.29, 1.82) is 0 Å². The molecule has 0 radical (unpaired) electrons. The molecule has 0 spiro atoms. The van der Waals surface area contributed by atoms with E-state index in [4.69, 9.17) is 11.6 Å². The number of benzene rings is 1. The summed E-state index contributed by atoms with van der Waals surface area (Å²) < 4.78 is 0.980. The largest absolute Gasteiger partial charge is 0.314 e. The molecule has 16 heavy (non-hydrogen) atoms. The maximum Gasteiger partial charge on any atom is 0.0550 e. The van der Waals surface area contributed by atoms with E-state index in [-0.39, 0.29) is 0 Å². The van der Waals surface area contributed by atoms with E-state index in [9.17, 15) is 0 Å². The van der Waals surface area contributed by atoms with Gasteiger partial charge in [-0.2, -0.15) is 0 Å². The number of hydrogen-bond acceptors (Lipinski definition) is 1. The van der Waals surface area contributed by atoms with Crippen molar-refractivity contribution in [2.45, 2.75) is 38.1 Å². The van der Waals surface area contributed by atoms with E-state index < -0.39 is 0 Å². The standard InChI is InChI=1S/C13H17BrClN/c14-12-7-4-10(9-13(12)15)3-1-2-8-16-11-5-6-11/h4,7,9,11,16H,1-3,5-6,8H2. The first-order chi connectivity index (χ1) is 7.75. The quantitative estimate of drug-likeness (QED) is 0.777. The molecule has 0 heterocycles. The average Bonchev–Trinajstić information content (AvgIpc) is 3.07. The van der Waals surface area contributed by atoms with E-state index in [1.54, 1.807) is 0 Å². The predicted octanol–water partition coefficient (Wildman–Crippen LogP) is 4.18. The van der Waals surface area contributed by atoms with E-state index >= 15 is 0 Å². The van der Waals surface area contributed by atoms with Crippen LogP contribution in [0, 0.1) is 0 Å². The van der Waals surface area contributed by atoms with Gasteiger partial charge in [-0.15, -0.1) is 0 Å². The summed E-state index contributed by atoms with van der Waals surface area (Å²) >= 11 is 9.45. The molecular weight excluding hydrogens is 286 g/mol. The van der Waals surface area contributed by atoms with Crippen molar-refractivity contribution in [3.63, 3.8) is 0 Å². The van der Waals surface area contributed by atoms with Crippen molar-refractivity contribution in [2.75, 3.05) is 6.54 Å². The molecule has 1 N–H and O–H groups in total. The van der Waals surface area contributed by atoms with Gasteiger partial charge in [0.05, 0.1) is 5.02 Å². The van der Waals surface area contributed by atoms with Gasteiger partial charge in [-0.3, -0.25) is 0 Å². The fraction of sp³-hybridized carbons (Fsp3) is 0.538. The second kappa shape index (κ2) is 6.04. The Morgan fingerprint density at radius 3 is 2.81 bits per heavy atom. The molecule has 3 heteroatoms. The maximum absolute atomic E-state index is 6.04. The molecule has 1 aromatic carbocycles. The van der Waals surface area contributed by atoms with Gasteiger partial charge in [0.25, 0.3) is 0 Å². The van der Waals surface area contributed by atoms with Gasteiger partial charge in [0, 0.05) is 10.5 Å². The third-order valence-electron chi connectivity index (χ3n) is 2.89. The molecule has 0 aliphatic heterocycles. The summed E-state index contributed by atoms with van der Waals surface area (Å²) in [5.74, 6) is 0. The van der Waals surface area contributed by atoms with Crippen LogP contribution in [0.4, 0.5) is 0 Å². The summed E-state index contributed by atoms with van der Waals surface area (Å²) in [6.45, 7) is 1.16. The third-order valence-corrected chi connectivity index (χ3v) is 4.12. The SMILES string of the molecule is Clc1cc(CCCCNC2CC2)ccc1Br. The van der Waals surface area contributed by atoms with E-state index in [1.165, 1.54) is 31.2 Å². The second-order valence-electron chi connectivity index (χ2n) is 4.43. The molecule has 0 amide bonds. The Bertz CT molecular complexity index is 350. The first kappa shape index (κ1) is 12.4.